The van der Waals surface area contributed by atoms with Crippen LogP contribution < -0.4 is 16.0 Å². The second-order valence-corrected chi connectivity index (χ2v) is 9.17. The number of halogens is 2. The first-order valence-corrected chi connectivity index (χ1v) is 11.1. The minimum Gasteiger partial charge on any atom is -0.497 e. The number of methoxy groups -OCH3 is 1. The lowest BCUT2D eigenvalue weighted by Gasteiger charge is -2.08. The second kappa shape index (κ2) is 7.64. The van der Waals surface area contributed by atoms with E-state index in [4.69, 9.17) is 16.3 Å². The van der Waals surface area contributed by atoms with Crippen molar-refractivity contribution in [1.29, 1.82) is 0 Å². The summed E-state index contributed by atoms with van der Waals surface area (Å²) < 4.78 is 7.66. The molecule has 0 atom stereocenters. The van der Waals surface area contributed by atoms with Crippen LogP contribution in [0.15, 0.2) is 68.9 Å². The molecule has 3 heterocycles. The van der Waals surface area contributed by atoms with E-state index in [2.05, 4.69) is 25.9 Å². The molecule has 0 bridgehead atoms. The minimum atomic E-state index is -0.534. The molecule has 0 spiro atoms. The molecule has 0 aliphatic rings. The summed E-state index contributed by atoms with van der Waals surface area (Å²) in [5, 5.41) is 2.09. The maximum absolute atomic E-state index is 13.4. The van der Waals surface area contributed by atoms with Gasteiger partial charge in [-0.25, -0.2) is 9.36 Å². The number of hydrogen-bond donors (Lipinski definition) is 1. The van der Waals surface area contributed by atoms with Crippen LogP contribution in [0.1, 0.15) is 0 Å². The first-order valence-electron chi connectivity index (χ1n) is 9.12. The van der Waals surface area contributed by atoms with Gasteiger partial charge in [0.25, 0.3) is 5.56 Å². The standard InChI is InChI=1S/C22H13BrClN3O3S/c1-30-13-4-5-16(24)15(7-13)19-8-17-20(31-19)21(28)27(22(29)26-17)18-10-25-9-11-2-3-12(23)6-14(11)18/h2-10H,1H3,(H,26,29). The van der Waals surface area contributed by atoms with Crippen LogP contribution in [0, 0.1) is 0 Å². The molecule has 0 aliphatic heterocycles. The molecule has 5 rings (SSSR count). The highest BCUT2D eigenvalue weighted by Gasteiger charge is 2.17. The quantitative estimate of drug-likeness (QED) is 0.351. The molecule has 0 aliphatic carbocycles. The Labute approximate surface area is 192 Å². The van der Waals surface area contributed by atoms with Crippen molar-refractivity contribution in [3.8, 4) is 21.9 Å². The lowest BCUT2D eigenvalue weighted by atomic mass is 10.1. The molecule has 0 saturated heterocycles. The SMILES string of the molecule is COc1ccc(Cl)c(-c2cc3[nH]c(=O)n(-c4cncc5ccc(Br)cc45)c(=O)c3s2)c1. The predicted octanol–water partition coefficient (Wildman–Crippen LogP) is 5.38. The Kier molecular flexibility index (Phi) is 4.92. The highest BCUT2D eigenvalue weighted by molar-refractivity contribution is 9.10. The molecule has 0 amide bonds. The summed E-state index contributed by atoms with van der Waals surface area (Å²) in [6, 6.07) is 12.7. The van der Waals surface area contributed by atoms with E-state index in [-0.39, 0.29) is 0 Å². The highest BCUT2D eigenvalue weighted by Crippen LogP contribution is 2.37. The lowest BCUT2D eigenvalue weighted by molar-refractivity contribution is 0.415. The van der Waals surface area contributed by atoms with Crippen LogP contribution in [0.25, 0.3) is 37.1 Å². The number of rotatable bonds is 3. The van der Waals surface area contributed by atoms with E-state index in [1.165, 1.54) is 17.5 Å². The van der Waals surface area contributed by atoms with E-state index >= 15 is 0 Å². The summed E-state index contributed by atoms with van der Waals surface area (Å²) in [6.07, 6.45) is 3.21. The first-order chi connectivity index (χ1) is 15.0. The molecule has 9 heteroatoms. The van der Waals surface area contributed by atoms with E-state index < -0.39 is 11.2 Å². The van der Waals surface area contributed by atoms with Gasteiger partial charge in [-0.2, -0.15) is 0 Å². The third-order valence-electron chi connectivity index (χ3n) is 4.96. The van der Waals surface area contributed by atoms with Crippen molar-refractivity contribution < 1.29 is 4.74 Å². The predicted molar refractivity (Wildman–Crippen MR) is 128 cm³/mol. The average Bonchev–Trinajstić information content (AvgIpc) is 3.18. The molecule has 0 saturated carbocycles. The second-order valence-electron chi connectivity index (χ2n) is 6.79. The number of aromatic amines is 1. The van der Waals surface area contributed by atoms with Gasteiger partial charge in [-0.05, 0) is 36.4 Å². The number of hydrogen-bond acceptors (Lipinski definition) is 5. The molecule has 1 N–H and O–H groups in total. The van der Waals surface area contributed by atoms with Gasteiger partial charge in [-0.1, -0.05) is 33.6 Å². The molecule has 154 valence electrons. The van der Waals surface area contributed by atoms with Gasteiger partial charge >= 0.3 is 5.69 Å². The Bertz CT molecular complexity index is 1610. The summed E-state index contributed by atoms with van der Waals surface area (Å²) >= 11 is 11.1. The van der Waals surface area contributed by atoms with Gasteiger partial charge in [-0.15, -0.1) is 11.3 Å². The van der Waals surface area contributed by atoms with E-state index in [9.17, 15) is 9.59 Å². The maximum atomic E-state index is 13.4. The largest absolute Gasteiger partial charge is 0.497 e. The maximum Gasteiger partial charge on any atom is 0.333 e. The normalized spacial score (nSPS) is 11.3. The number of aromatic nitrogens is 3. The highest BCUT2D eigenvalue weighted by atomic mass is 79.9. The van der Waals surface area contributed by atoms with Crippen molar-refractivity contribution in [2.24, 2.45) is 0 Å². The smallest absolute Gasteiger partial charge is 0.333 e. The van der Waals surface area contributed by atoms with Crippen molar-refractivity contribution in [1.82, 2.24) is 14.5 Å². The zero-order valence-electron chi connectivity index (χ0n) is 16.0. The number of fused-ring (bicyclic) bond motifs is 2. The van der Waals surface area contributed by atoms with Crippen molar-refractivity contribution in [2.75, 3.05) is 7.11 Å². The molecule has 5 aromatic rings. The molecule has 3 aromatic heterocycles. The van der Waals surface area contributed by atoms with E-state index in [0.717, 1.165) is 30.3 Å². The van der Waals surface area contributed by atoms with Crippen LogP contribution >= 0.6 is 38.9 Å². The number of nitrogens with one attached hydrogen (secondary N) is 1. The molecule has 0 unspecified atom stereocenters. The summed E-state index contributed by atoms with van der Waals surface area (Å²) in [5.41, 5.74) is 0.654. The van der Waals surface area contributed by atoms with Crippen LogP contribution in [0.3, 0.4) is 0 Å². The molecule has 6 nitrogen and oxygen atoms in total. The number of H-pyrrole nitrogens is 1. The third kappa shape index (κ3) is 3.37. The van der Waals surface area contributed by atoms with Crippen molar-refractivity contribution in [3.63, 3.8) is 0 Å². The number of thiophene rings is 1. The van der Waals surface area contributed by atoms with Crippen LogP contribution in [-0.4, -0.2) is 21.6 Å². The Balaban J connectivity index is 1.78. The summed E-state index contributed by atoms with van der Waals surface area (Å²) in [6.45, 7) is 0. The van der Waals surface area contributed by atoms with Crippen molar-refractivity contribution >= 4 is 59.9 Å². The Morgan fingerprint density at radius 3 is 2.77 bits per heavy atom. The van der Waals surface area contributed by atoms with Crippen LogP contribution in [-0.2, 0) is 0 Å². The molecule has 0 fully saturated rings. The van der Waals surface area contributed by atoms with Gasteiger partial charge in [-0.3, -0.25) is 9.78 Å². The van der Waals surface area contributed by atoms with Gasteiger partial charge < -0.3 is 9.72 Å². The van der Waals surface area contributed by atoms with Crippen LogP contribution in [0.2, 0.25) is 5.02 Å². The first kappa shape index (κ1) is 20.0. The fourth-order valence-corrected chi connectivity index (χ4v) is 5.19. The zero-order chi connectivity index (χ0) is 21.7. The fraction of sp³-hybridized carbons (Fsp3) is 0.0455. The Morgan fingerprint density at radius 2 is 1.97 bits per heavy atom. The minimum absolute atomic E-state index is 0.414. The number of ether oxygens (including phenoxy) is 1. The van der Waals surface area contributed by atoms with Gasteiger partial charge in [0.2, 0.25) is 0 Å². The summed E-state index contributed by atoms with van der Waals surface area (Å²) in [4.78, 5) is 34.1. The fourth-order valence-electron chi connectivity index (χ4n) is 3.48. The van der Waals surface area contributed by atoms with Gasteiger partial charge in [0.05, 0.1) is 24.5 Å². The van der Waals surface area contributed by atoms with E-state index in [0.29, 0.717) is 26.7 Å². The van der Waals surface area contributed by atoms with E-state index in [1.807, 2.05) is 18.2 Å². The van der Waals surface area contributed by atoms with Gasteiger partial charge in [0.15, 0.2) is 0 Å². The molecule has 0 radical (unpaired) electrons. The van der Waals surface area contributed by atoms with Crippen molar-refractivity contribution in [2.45, 2.75) is 0 Å². The third-order valence-corrected chi connectivity index (χ3v) is 6.93. The lowest BCUT2D eigenvalue weighted by Crippen LogP contribution is -2.33. The monoisotopic (exact) mass is 513 g/mol. The Hall–Kier alpha value is -2.94. The van der Waals surface area contributed by atoms with Gasteiger partial charge in [0.1, 0.15) is 10.4 Å². The number of nitrogens with zero attached hydrogens (tertiary/aromatic N) is 2. The Morgan fingerprint density at radius 1 is 1.13 bits per heavy atom. The average molecular weight is 515 g/mol. The molecule has 31 heavy (non-hydrogen) atoms. The molecule has 2 aromatic carbocycles. The topological polar surface area (TPSA) is 77.0 Å². The van der Waals surface area contributed by atoms with Gasteiger partial charge in [0, 0.05) is 36.9 Å². The van der Waals surface area contributed by atoms with Crippen molar-refractivity contribution in [3.05, 3.63) is 85.2 Å². The van der Waals surface area contributed by atoms with E-state index in [1.54, 1.807) is 37.6 Å². The molecular weight excluding hydrogens is 502 g/mol. The number of benzene rings is 2. The molecular formula is C22H13BrClN3O3S. The number of pyridine rings is 1. The van der Waals surface area contributed by atoms with Crippen LogP contribution in [0.5, 0.6) is 5.75 Å². The summed E-state index contributed by atoms with van der Waals surface area (Å²) in [5.74, 6) is 0.648. The van der Waals surface area contributed by atoms with Crippen LogP contribution in [0.4, 0.5) is 0 Å². The summed E-state index contributed by atoms with van der Waals surface area (Å²) in [7, 11) is 1.57. The zero-order valence-corrected chi connectivity index (χ0v) is 19.1.